The Kier molecular flexibility index (Phi) is 5.05. The van der Waals surface area contributed by atoms with Crippen molar-refractivity contribution in [1.82, 2.24) is 9.88 Å². The lowest BCUT2D eigenvalue weighted by Gasteiger charge is -2.34. The lowest BCUT2D eigenvalue weighted by Crippen LogP contribution is -2.28. The molecule has 1 heterocycles. The zero-order chi connectivity index (χ0) is 17.1. The second-order valence-electron chi connectivity index (χ2n) is 6.77. The maximum atomic E-state index is 5.39. The van der Waals surface area contributed by atoms with Crippen molar-refractivity contribution in [2.24, 2.45) is 0 Å². The van der Waals surface area contributed by atoms with Crippen molar-refractivity contribution in [3.8, 4) is 5.75 Å². The van der Waals surface area contributed by atoms with Gasteiger partial charge in [-0.1, -0.05) is 12.1 Å². The number of methoxy groups -OCH3 is 1. The number of benzene rings is 1. The highest BCUT2D eigenvalue weighted by Gasteiger charge is 2.24. The maximum Gasteiger partial charge on any atom is 0.132 e. The van der Waals surface area contributed by atoms with Gasteiger partial charge in [0.05, 0.1) is 7.11 Å². The van der Waals surface area contributed by atoms with Gasteiger partial charge in [0.2, 0.25) is 0 Å². The van der Waals surface area contributed by atoms with Crippen molar-refractivity contribution >= 4 is 5.82 Å². The van der Waals surface area contributed by atoms with Crippen LogP contribution in [-0.2, 0) is 13.0 Å². The van der Waals surface area contributed by atoms with E-state index in [1.165, 1.54) is 29.5 Å². The summed E-state index contributed by atoms with van der Waals surface area (Å²) in [7, 11) is 8.05. The third-order valence-electron chi connectivity index (χ3n) is 4.88. The molecule has 1 aliphatic rings. The fourth-order valence-corrected chi connectivity index (χ4v) is 3.69. The number of aromatic nitrogens is 1. The summed E-state index contributed by atoms with van der Waals surface area (Å²) >= 11 is 0. The van der Waals surface area contributed by atoms with Crippen LogP contribution in [0.1, 0.15) is 35.6 Å². The van der Waals surface area contributed by atoms with E-state index in [1.54, 1.807) is 7.11 Å². The number of pyridine rings is 1. The predicted octanol–water partition coefficient (Wildman–Crippen LogP) is 3.67. The monoisotopic (exact) mass is 325 g/mol. The van der Waals surface area contributed by atoms with E-state index < -0.39 is 0 Å². The van der Waals surface area contributed by atoms with Gasteiger partial charge < -0.3 is 9.64 Å². The molecule has 1 aromatic carbocycles. The van der Waals surface area contributed by atoms with E-state index in [2.05, 4.69) is 46.1 Å². The molecule has 0 radical (unpaired) electrons. The maximum absolute atomic E-state index is 5.39. The first-order valence-electron chi connectivity index (χ1n) is 8.58. The molecule has 1 unspecified atom stereocenters. The van der Waals surface area contributed by atoms with Gasteiger partial charge >= 0.3 is 0 Å². The number of aryl methyl sites for hydroxylation is 1. The number of anilines is 1. The van der Waals surface area contributed by atoms with Gasteiger partial charge in [-0.2, -0.15) is 0 Å². The summed E-state index contributed by atoms with van der Waals surface area (Å²) in [5.74, 6) is 2.01. The van der Waals surface area contributed by atoms with Crippen LogP contribution < -0.4 is 9.64 Å². The average Bonchev–Trinajstić information content (AvgIpc) is 2.60. The van der Waals surface area contributed by atoms with Gasteiger partial charge in [0.25, 0.3) is 0 Å². The highest BCUT2D eigenvalue weighted by molar-refractivity contribution is 5.45. The smallest absolute Gasteiger partial charge is 0.132 e. The Labute approximate surface area is 145 Å². The molecule has 4 nitrogen and oxygen atoms in total. The van der Waals surface area contributed by atoms with Gasteiger partial charge in [-0.15, -0.1) is 0 Å². The number of ether oxygens (including phenoxy) is 1. The minimum atomic E-state index is 0.454. The van der Waals surface area contributed by atoms with Crippen molar-refractivity contribution in [2.45, 2.75) is 31.8 Å². The van der Waals surface area contributed by atoms with Crippen LogP contribution in [0.5, 0.6) is 5.75 Å². The molecule has 1 atom stereocenters. The van der Waals surface area contributed by atoms with Crippen LogP contribution in [0.3, 0.4) is 0 Å². The molecule has 24 heavy (non-hydrogen) atoms. The second-order valence-corrected chi connectivity index (χ2v) is 6.77. The van der Waals surface area contributed by atoms with Gasteiger partial charge in [-0.25, -0.2) is 4.98 Å². The molecule has 0 aliphatic heterocycles. The normalized spacial score (nSPS) is 16.8. The van der Waals surface area contributed by atoms with Gasteiger partial charge in [-0.05, 0) is 55.6 Å². The molecule has 1 aromatic heterocycles. The van der Waals surface area contributed by atoms with E-state index in [1.807, 2.05) is 26.4 Å². The van der Waals surface area contributed by atoms with Crippen LogP contribution >= 0.6 is 0 Å². The largest absolute Gasteiger partial charge is 0.497 e. The van der Waals surface area contributed by atoms with Crippen molar-refractivity contribution in [1.29, 1.82) is 0 Å². The summed E-state index contributed by atoms with van der Waals surface area (Å²) in [6.07, 6.45) is 5.43. The van der Waals surface area contributed by atoms with E-state index >= 15 is 0 Å². The molecule has 0 N–H and O–H groups in total. The molecule has 4 heteroatoms. The summed E-state index contributed by atoms with van der Waals surface area (Å²) in [5, 5.41) is 0. The average molecular weight is 325 g/mol. The van der Waals surface area contributed by atoms with Gasteiger partial charge in [-0.3, -0.25) is 4.90 Å². The summed E-state index contributed by atoms with van der Waals surface area (Å²) in [6, 6.07) is 11.2. The fraction of sp³-hybridized carbons (Fsp3) is 0.450. The van der Waals surface area contributed by atoms with Crippen molar-refractivity contribution < 1.29 is 4.74 Å². The third-order valence-corrected chi connectivity index (χ3v) is 4.88. The number of hydrogen-bond acceptors (Lipinski definition) is 4. The van der Waals surface area contributed by atoms with E-state index in [4.69, 9.17) is 4.74 Å². The lowest BCUT2D eigenvalue weighted by molar-refractivity contribution is 0.213. The first-order chi connectivity index (χ1) is 11.6. The summed E-state index contributed by atoms with van der Waals surface area (Å²) in [5.41, 5.74) is 4.14. The highest BCUT2D eigenvalue weighted by atomic mass is 16.5. The van der Waals surface area contributed by atoms with Gasteiger partial charge in [0.15, 0.2) is 0 Å². The van der Waals surface area contributed by atoms with Gasteiger partial charge in [0.1, 0.15) is 11.6 Å². The van der Waals surface area contributed by atoms with Crippen LogP contribution in [0.15, 0.2) is 36.5 Å². The SMILES string of the molecule is COc1ccc2c(c1)CCCC2N(C)Cc1cccnc1N(C)C. The van der Waals surface area contributed by atoms with Gasteiger partial charge in [0, 0.05) is 38.4 Å². The topological polar surface area (TPSA) is 28.6 Å². The Morgan fingerprint density at radius 3 is 2.79 bits per heavy atom. The predicted molar refractivity (Wildman–Crippen MR) is 98.7 cm³/mol. The zero-order valence-electron chi connectivity index (χ0n) is 15.1. The molecule has 0 saturated heterocycles. The molecule has 0 spiro atoms. The standard InChI is InChI=1S/C20H27N3O/c1-22(2)20-16(8-6-12-21-20)14-23(3)19-9-5-7-15-13-17(24-4)10-11-18(15)19/h6,8,10-13,19H,5,7,9,14H2,1-4H3. The molecule has 0 fully saturated rings. The zero-order valence-corrected chi connectivity index (χ0v) is 15.1. The molecule has 128 valence electrons. The Morgan fingerprint density at radius 2 is 2.04 bits per heavy atom. The number of hydrogen-bond donors (Lipinski definition) is 0. The highest BCUT2D eigenvalue weighted by Crippen LogP contribution is 2.36. The second kappa shape index (κ2) is 7.22. The Morgan fingerprint density at radius 1 is 1.21 bits per heavy atom. The molecule has 0 bridgehead atoms. The summed E-state index contributed by atoms with van der Waals surface area (Å²) < 4.78 is 5.39. The third kappa shape index (κ3) is 3.39. The van der Waals surface area contributed by atoms with Crippen LogP contribution in [-0.4, -0.2) is 38.1 Å². The molecular weight excluding hydrogens is 298 g/mol. The minimum absolute atomic E-state index is 0.454. The first kappa shape index (κ1) is 16.8. The van der Waals surface area contributed by atoms with E-state index in [-0.39, 0.29) is 0 Å². The molecule has 3 rings (SSSR count). The van der Waals surface area contributed by atoms with E-state index in [0.29, 0.717) is 6.04 Å². The van der Waals surface area contributed by atoms with Crippen LogP contribution in [0.2, 0.25) is 0 Å². The van der Waals surface area contributed by atoms with Crippen LogP contribution in [0.4, 0.5) is 5.82 Å². The molecule has 1 aliphatic carbocycles. The molecule has 0 amide bonds. The van der Waals surface area contributed by atoms with Crippen LogP contribution in [0, 0.1) is 0 Å². The van der Waals surface area contributed by atoms with Crippen molar-refractivity contribution in [3.05, 3.63) is 53.2 Å². The Hall–Kier alpha value is -2.07. The Bertz CT molecular complexity index is 699. The lowest BCUT2D eigenvalue weighted by atomic mass is 9.86. The minimum Gasteiger partial charge on any atom is -0.497 e. The molecular formula is C20H27N3O. The number of fused-ring (bicyclic) bond motifs is 1. The fourth-order valence-electron chi connectivity index (χ4n) is 3.69. The van der Waals surface area contributed by atoms with Crippen molar-refractivity contribution in [3.63, 3.8) is 0 Å². The van der Waals surface area contributed by atoms with E-state index in [0.717, 1.165) is 24.5 Å². The molecule has 0 saturated carbocycles. The number of rotatable bonds is 5. The molecule has 2 aromatic rings. The Balaban J connectivity index is 1.83. The van der Waals surface area contributed by atoms with E-state index in [9.17, 15) is 0 Å². The summed E-state index contributed by atoms with van der Waals surface area (Å²) in [4.78, 5) is 9.07. The van der Waals surface area contributed by atoms with Crippen LogP contribution in [0.25, 0.3) is 0 Å². The number of nitrogens with zero attached hydrogens (tertiary/aromatic N) is 3. The van der Waals surface area contributed by atoms with Crippen molar-refractivity contribution in [2.75, 3.05) is 33.2 Å². The summed E-state index contributed by atoms with van der Waals surface area (Å²) in [6.45, 7) is 0.900. The first-order valence-corrected chi connectivity index (χ1v) is 8.58. The quantitative estimate of drug-likeness (QED) is 0.839.